The van der Waals surface area contributed by atoms with E-state index < -0.39 is 0 Å². The van der Waals surface area contributed by atoms with E-state index in [0.717, 1.165) is 37.5 Å². The van der Waals surface area contributed by atoms with E-state index in [0.29, 0.717) is 30.1 Å². The van der Waals surface area contributed by atoms with E-state index in [4.69, 9.17) is 0 Å². The zero-order valence-corrected chi connectivity index (χ0v) is 18.4. The number of carbonyl (C=O) groups is 2. The summed E-state index contributed by atoms with van der Waals surface area (Å²) in [5.41, 5.74) is 2.20. The van der Waals surface area contributed by atoms with Gasteiger partial charge in [-0.1, -0.05) is 41.5 Å². The standard InChI is InChI=1S/C23H37N3O2/c1-16(2)15-24-22(28)19-13-18(25-21(27)14-23(4,5)6)7-8-20(19)26-11-9-17(3)10-12-26/h7-8,13,16-17H,9-12,14-15H2,1-6H3,(H,24,28)(H,25,27). The second-order valence-corrected chi connectivity index (χ2v) is 9.79. The number of anilines is 2. The molecule has 5 nitrogen and oxygen atoms in total. The number of hydrogen-bond acceptors (Lipinski definition) is 3. The van der Waals surface area contributed by atoms with E-state index in [1.807, 2.05) is 39.0 Å². The first kappa shape index (κ1) is 22.3. The predicted molar refractivity (Wildman–Crippen MR) is 117 cm³/mol. The Morgan fingerprint density at radius 2 is 1.82 bits per heavy atom. The van der Waals surface area contributed by atoms with E-state index in [-0.39, 0.29) is 17.2 Å². The maximum Gasteiger partial charge on any atom is 0.253 e. The summed E-state index contributed by atoms with van der Waals surface area (Å²) in [4.78, 5) is 27.5. The third-order valence-corrected chi connectivity index (χ3v) is 5.01. The van der Waals surface area contributed by atoms with Crippen molar-refractivity contribution in [2.45, 2.75) is 60.8 Å². The van der Waals surface area contributed by atoms with Crippen LogP contribution in [0.1, 0.15) is 71.2 Å². The van der Waals surface area contributed by atoms with Crippen molar-refractivity contribution in [2.24, 2.45) is 17.3 Å². The Morgan fingerprint density at radius 3 is 2.39 bits per heavy atom. The molecule has 0 spiro atoms. The number of amides is 2. The lowest BCUT2D eigenvalue weighted by Gasteiger charge is -2.33. The SMILES string of the molecule is CC(C)CNC(=O)c1cc(NC(=O)CC(C)(C)C)ccc1N1CCC(C)CC1. The normalized spacial score (nSPS) is 15.6. The van der Waals surface area contributed by atoms with Crippen LogP contribution < -0.4 is 15.5 Å². The molecule has 28 heavy (non-hydrogen) atoms. The average Bonchev–Trinajstić information content (AvgIpc) is 2.58. The molecule has 2 amide bonds. The van der Waals surface area contributed by atoms with Gasteiger partial charge in [-0.05, 0) is 48.3 Å². The van der Waals surface area contributed by atoms with Gasteiger partial charge >= 0.3 is 0 Å². The van der Waals surface area contributed by atoms with Crippen molar-refractivity contribution in [3.63, 3.8) is 0 Å². The Hall–Kier alpha value is -2.04. The zero-order chi connectivity index (χ0) is 20.9. The summed E-state index contributed by atoms with van der Waals surface area (Å²) >= 11 is 0. The molecule has 1 aliphatic rings. The van der Waals surface area contributed by atoms with Crippen LogP contribution in [0.5, 0.6) is 0 Å². The fraction of sp³-hybridized carbons (Fsp3) is 0.652. The van der Waals surface area contributed by atoms with Crippen LogP contribution in [-0.4, -0.2) is 31.4 Å². The van der Waals surface area contributed by atoms with Gasteiger partial charge in [0.15, 0.2) is 0 Å². The molecule has 0 radical (unpaired) electrons. The summed E-state index contributed by atoms with van der Waals surface area (Å²) in [5.74, 6) is 1.01. The van der Waals surface area contributed by atoms with Gasteiger partial charge in [0.1, 0.15) is 0 Å². The Kier molecular flexibility index (Phi) is 7.50. The molecule has 1 saturated heterocycles. The predicted octanol–water partition coefficient (Wildman–Crippen LogP) is 4.68. The van der Waals surface area contributed by atoms with Crippen LogP contribution in [0.2, 0.25) is 0 Å². The van der Waals surface area contributed by atoms with Crippen LogP contribution in [0.4, 0.5) is 11.4 Å². The Labute approximate surface area is 170 Å². The van der Waals surface area contributed by atoms with E-state index in [1.165, 1.54) is 0 Å². The van der Waals surface area contributed by atoms with Crippen molar-refractivity contribution in [1.29, 1.82) is 0 Å². The van der Waals surface area contributed by atoms with Gasteiger partial charge in [-0.2, -0.15) is 0 Å². The molecular weight excluding hydrogens is 350 g/mol. The van der Waals surface area contributed by atoms with Gasteiger partial charge in [-0.3, -0.25) is 9.59 Å². The molecule has 1 fully saturated rings. The maximum atomic E-state index is 12.9. The Balaban J connectivity index is 2.24. The number of nitrogens with zero attached hydrogens (tertiary/aromatic N) is 1. The molecule has 0 unspecified atom stereocenters. The summed E-state index contributed by atoms with van der Waals surface area (Å²) in [7, 11) is 0. The minimum Gasteiger partial charge on any atom is -0.371 e. The van der Waals surface area contributed by atoms with Crippen LogP contribution >= 0.6 is 0 Å². The summed E-state index contributed by atoms with van der Waals surface area (Å²) in [5, 5.41) is 5.99. The molecular formula is C23H37N3O2. The van der Waals surface area contributed by atoms with Crippen molar-refractivity contribution >= 4 is 23.2 Å². The molecule has 1 aromatic carbocycles. The molecule has 2 N–H and O–H groups in total. The number of carbonyl (C=O) groups excluding carboxylic acids is 2. The van der Waals surface area contributed by atoms with Crippen molar-refractivity contribution in [2.75, 3.05) is 29.9 Å². The fourth-order valence-electron chi connectivity index (χ4n) is 3.40. The highest BCUT2D eigenvalue weighted by atomic mass is 16.2. The topological polar surface area (TPSA) is 61.4 Å². The fourth-order valence-corrected chi connectivity index (χ4v) is 3.40. The van der Waals surface area contributed by atoms with E-state index in [2.05, 4.69) is 36.3 Å². The van der Waals surface area contributed by atoms with Crippen molar-refractivity contribution in [3.8, 4) is 0 Å². The molecule has 1 aromatic rings. The third-order valence-electron chi connectivity index (χ3n) is 5.01. The monoisotopic (exact) mass is 387 g/mol. The van der Waals surface area contributed by atoms with Crippen molar-refractivity contribution < 1.29 is 9.59 Å². The number of benzene rings is 1. The highest BCUT2D eigenvalue weighted by Crippen LogP contribution is 2.29. The van der Waals surface area contributed by atoms with Gasteiger partial charge in [0.2, 0.25) is 5.91 Å². The van der Waals surface area contributed by atoms with Crippen LogP contribution in [0.25, 0.3) is 0 Å². The first-order chi connectivity index (χ1) is 13.0. The molecule has 5 heteroatoms. The van der Waals surface area contributed by atoms with E-state index in [9.17, 15) is 9.59 Å². The smallest absolute Gasteiger partial charge is 0.253 e. The minimum atomic E-state index is -0.0774. The third kappa shape index (κ3) is 6.84. The van der Waals surface area contributed by atoms with Crippen LogP contribution in [0, 0.1) is 17.3 Å². The molecule has 1 heterocycles. The summed E-state index contributed by atoms with van der Waals surface area (Å²) in [6.45, 7) is 15.1. The Morgan fingerprint density at radius 1 is 1.18 bits per heavy atom. The van der Waals surface area contributed by atoms with Gasteiger partial charge in [0.25, 0.3) is 5.91 Å². The minimum absolute atomic E-state index is 0.0272. The molecule has 156 valence electrons. The number of rotatable bonds is 6. The first-order valence-electron chi connectivity index (χ1n) is 10.5. The summed E-state index contributed by atoms with van der Waals surface area (Å²) in [6.07, 6.45) is 2.71. The molecule has 0 saturated carbocycles. The highest BCUT2D eigenvalue weighted by molar-refractivity contribution is 6.02. The van der Waals surface area contributed by atoms with Gasteiger partial charge < -0.3 is 15.5 Å². The van der Waals surface area contributed by atoms with E-state index >= 15 is 0 Å². The summed E-state index contributed by atoms with van der Waals surface area (Å²) in [6, 6.07) is 5.71. The second-order valence-electron chi connectivity index (χ2n) is 9.79. The van der Waals surface area contributed by atoms with Crippen molar-refractivity contribution in [3.05, 3.63) is 23.8 Å². The van der Waals surface area contributed by atoms with Crippen LogP contribution in [0.15, 0.2) is 18.2 Å². The lowest BCUT2D eigenvalue weighted by Crippen LogP contribution is -2.35. The first-order valence-corrected chi connectivity index (χ1v) is 10.5. The highest BCUT2D eigenvalue weighted by Gasteiger charge is 2.22. The van der Waals surface area contributed by atoms with Gasteiger partial charge in [-0.15, -0.1) is 0 Å². The van der Waals surface area contributed by atoms with E-state index in [1.54, 1.807) is 0 Å². The number of hydrogen-bond donors (Lipinski definition) is 2. The zero-order valence-electron chi connectivity index (χ0n) is 18.4. The number of nitrogens with one attached hydrogen (secondary N) is 2. The van der Waals surface area contributed by atoms with Crippen molar-refractivity contribution in [1.82, 2.24) is 5.32 Å². The van der Waals surface area contributed by atoms with Crippen LogP contribution in [0.3, 0.4) is 0 Å². The lowest BCUT2D eigenvalue weighted by atomic mass is 9.92. The average molecular weight is 388 g/mol. The molecule has 1 aliphatic heterocycles. The number of piperidine rings is 1. The van der Waals surface area contributed by atoms with Gasteiger partial charge in [0, 0.05) is 37.4 Å². The Bertz CT molecular complexity index is 684. The molecule has 0 aromatic heterocycles. The molecule has 2 rings (SSSR count). The largest absolute Gasteiger partial charge is 0.371 e. The lowest BCUT2D eigenvalue weighted by molar-refractivity contribution is -0.117. The molecule has 0 bridgehead atoms. The molecule has 0 atom stereocenters. The second kappa shape index (κ2) is 9.44. The molecule has 0 aliphatic carbocycles. The summed E-state index contributed by atoms with van der Waals surface area (Å²) < 4.78 is 0. The van der Waals surface area contributed by atoms with Gasteiger partial charge in [0.05, 0.1) is 5.56 Å². The maximum absolute atomic E-state index is 12.9. The van der Waals surface area contributed by atoms with Gasteiger partial charge in [-0.25, -0.2) is 0 Å². The van der Waals surface area contributed by atoms with Crippen LogP contribution in [-0.2, 0) is 4.79 Å². The quantitative estimate of drug-likeness (QED) is 0.745.